The molecule has 3 amide bonds. The van der Waals surface area contributed by atoms with Crippen molar-refractivity contribution in [1.29, 1.82) is 0 Å². The zero-order valence-electron chi connectivity index (χ0n) is 18.6. The Bertz CT molecular complexity index is 847. The topological polar surface area (TPSA) is 108 Å². The van der Waals surface area contributed by atoms with Gasteiger partial charge < -0.3 is 25.4 Å². The molecule has 3 N–H and O–H groups in total. The molecule has 3 heterocycles. The Kier molecular flexibility index (Phi) is 6.81. The van der Waals surface area contributed by atoms with E-state index in [1.807, 2.05) is 37.3 Å². The standard InChI is InChI=1S/C24H33N3O5/c1-2-12-25-21(29)18-17-10-11-24(32-17)19(18)23(31)27(13-6-7-14-28)20(24)22(30)26-15-16-8-4-3-5-9-16/h3-5,8-9,17-20,28H,2,6-7,10-15H2,1H3,(H,25,29)(H,26,30)/t17-,18+,19+,20?,24?/m1/s1. The summed E-state index contributed by atoms with van der Waals surface area (Å²) in [5.41, 5.74) is 0.00943. The molecule has 2 bridgehead atoms. The molecule has 3 aliphatic heterocycles. The number of nitrogens with one attached hydrogen (secondary N) is 2. The van der Waals surface area contributed by atoms with Crippen LogP contribution in [0.1, 0.15) is 44.6 Å². The Morgan fingerprint density at radius 2 is 1.97 bits per heavy atom. The van der Waals surface area contributed by atoms with Gasteiger partial charge in [0.15, 0.2) is 0 Å². The van der Waals surface area contributed by atoms with E-state index in [1.165, 1.54) is 0 Å². The molecule has 8 heteroatoms. The first-order valence-electron chi connectivity index (χ1n) is 11.7. The SMILES string of the molecule is CCCNC(=O)[C@@H]1[C@H]2C(=O)N(CCCCO)C(C(=O)NCc3ccccc3)C23CC[C@H]1O3. The van der Waals surface area contributed by atoms with Crippen molar-refractivity contribution in [2.24, 2.45) is 11.8 Å². The number of unbranched alkanes of at least 4 members (excludes halogenated alkanes) is 1. The average molecular weight is 444 g/mol. The van der Waals surface area contributed by atoms with Gasteiger partial charge in [0.1, 0.15) is 11.6 Å². The Morgan fingerprint density at radius 3 is 2.69 bits per heavy atom. The van der Waals surface area contributed by atoms with Crippen molar-refractivity contribution < 1.29 is 24.2 Å². The highest BCUT2D eigenvalue weighted by molar-refractivity contribution is 5.98. The number of amides is 3. The van der Waals surface area contributed by atoms with Crippen molar-refractivity contribution in [3.05, 3.63) is 35.9 Å². The highest BCUT2D eigenvalue weighted by atomic mass is 16.5. The summed E-state index contributed by atoms with van der Waals surface area (Å²) in [6.07, 6.45) is 2.87. The molecule has 32 heavy (non-hydrogen) atoms. The Labute approximate surface area is 188 Å². The van der Waals surface area contributed by atoms with Gasteiger partial charge >= 0.3 is 0 Å². The van der Waals surface area contributed by atoms with Crippen molar-refractivity contribution >= 4 is 17.7 Å². The minimum atomic E-state index is -0.962. The van der Waals surface area contributed by atoms with E-state index in [0.29, 0.717) is 45.3 Å². The maximum atomic E-state index is 13.6. The fraction of sp³-hybridized carbons (Fsp3) is 0.625. The molecule has 0 radical (unpaired) electrons. The monoisotopic (exact) mass is 443 g/mol. The molecule has 1 spiro atoms. The zero-order valence-corrected chi connectivity index (χ0v) is 18.6. The van der Waals surface area contributed by atoms with Crippen molar-refractivity contribution in [3.63, 3.8) is 0 Å². The Hall–Kier alpha value is -2.45. The second-order valence-electron chi connectivity index (χ2n) is 9.01. The summed E-state index contributed by atoms with van der Waals surface area (Å²) in [5, 5.41) is 15.1. The molecular formula is C24H33N3O5. The minimum Gasteiger partial charge on any atom is -0.396 e. The molecule has 0 saturated carbocycles. The predicted molar refractivity (Wildman–Crippen MR) is 117 cm³/mol. The summed E-state index contributed by atoms with van der Waals surface area (Å²) in [7, 11) is 0. The van der Waals surface area contributed by atoms with Gasteiger partial charge in [0, 0.05) is 26.2 Å². The van der Waals surface area contributed by atoms with E-state index in [9.17, 15) is 19.5 Å². The van der Waals surface area contributed by atoms with E-state index in [0.717, 1.165) is 12.0 Å². The fourth-order valence-corrected chi connectivity index (χ4v) is 5.64. The van der Waals surface area contributed by atoms with Crippen LogP contribution in [0.4, 0.5) is 0 Å². The van der Waals surface area contributed by atoms with Gasteiger partial charge in [0.05, 0.1) is 17.9 Å². The number of nitrogens with zero attached hydrogens (tertiary/aromatic N) is 1. The second kappa shape index (κ2) is 9.58. The normalized spacial score (nSPS) is 30.4. The van der Waals surface area contributed by atoms with Crippen LogP contribution in [0, 0.1) is 11.8 Å². The number of aliphatic hydroxyl groups is 1. The largest absolute Gasteiger partial charge is 0.396 e. The molecule has 5 atom stereocenters. The Balaban J connectivity index is 1.58. The molecule has 3 aliphatic rings. The van der Waals surface area contributed by atoms with E-state index < -0.39 is 23.5 Å². The number of rotatable bonds is 10. The van der Waals surface area contributed by atoms with Gasteiger partial charge in [-0.2, -0.15) is 0 Å². The number of benzene rings is 1. The van der Waals surface area contributed by atoms with Crippen LogP contribution in [0.15, 0.2) is 30.3 Å². The van der Waals surface area contributed by atoms with Crippen LogP contribution >= 0.6 is 0 Å². The van der Waals surface area contributed by atoms with E-state index in [1.54, 1.807) is 4.90 Å². The maximum absolute atomic E-state index is 13.6. The molecule has 0 aliphatic carbocycles. The molecular weight excluding hydrogens is 410 g/mol. The molecule has 3 fully saturated rings. The number of hydrogen-bond acceptors (Lipinski definition) is 5. The van der Waals surface area contributed by atoms with Crippen molar-refractivity contribution in [3.8, 4) is 0 Å². The van der Waals surface area contributed by atoms with Gasteiger partial charge in [-0.05, 0) is 37.7 Å². The lowest BCUT2D eigenvalue weighted by Gasteiger charge is -2.33. The first kappa shape index (κ1) is 22.7. The average Bonchev–Trinajstić information content (AvgIpc) is 3.44. The molecule has 174 valence electrons. The number of likely N-dealkylation sites (tertiary alicyclic amines) is 1. The van der Waals surface area contributed by atoms with Gasteiger partial charge in [0.25, 0.3) is 0 Å². The molecule has 0 aromatic heterocycles. The van der Waals surface area contributed by atoms with Gasteiger partial charge in [-0.15, -0.1) is 0 Å². The van der Waals surface area contributed by atoms with Crippen LogP contribution in [0.3, 0.4) is 0 Å². The van der Waals surface area contributed by atoms with E-state index in [2.05, 4.69) is 10.6 Å². The first-order valence-corrected chi connectivity index (χ1v) is 11.7. The first-order chi connectivity index (χ1) is 15.5. The van der Waals surface area contributed by atoms with Crippen LogP contribution < -0.4 is 10.6 Å². The summed E-state index contributed by atoms with van der Waals surface area (Å²) in [5.74, 6) is -1.78. The molecule has 1 aromatic carbocycles. The number of fused-ring (bicyclic) bond motifs is 1. The molecule has 8 nitrogen and oxygen atoms in total. The van der Waals surface area contributed by atoms with Crippen LogP contribution in [0.2, 0.25) is 0 Å². The minimum absolute atomic E-state index is 0.0299. The van der Waals surface area contributed by atoms with Crippen molar-refractivity contribution in [2.75, 3.05) is 19.7 Å². The molecule has 1 aromatic rings. The van der Waals surface area contributed by atoms with Crippen LogP contribution in [0.25, 0.3) is 0 Å². The fourth-order valence-electron chi connectivity index (χ4n) is 5.64. The van der Waals surface area contributed by atoms with Crippen molar-refractivity contribution in [1.82, 2.24) is 15.5 Å². The summed E-state index contributed by atoms with van der Waals surface area (Å²) in [6.45, 7) is 3.28. The van der Waals surface area contributed by atoms with Crippen LogP contribution in [0.5, 0.6) is 0 Å². The van der Waals surface area contributed by atoms with E-state index in [-0.39, 0.29) is 30.4 Å². The van der Waals surface area contributed by atoms with E-state index >= 15 is 0 Å². The smallest absolute Gasteiger partial charge is 0.246 e. The third-order valence-corrected chi connectivity index (χ3v) is 7.02. The molecule has 2 unspecified atom stereocenters. The lowest BCUT2D eigenvalue weighted by molar-refractivity contribution is -0.142. The van der Waals surface area contributed by atoms with Crippen LogP contribution in [-0.2, 0) is 25.7 Å². The predicted octanol–water partition coefficient (Wildman–Crippen LogP) is 0.976. The number of carbonyl (C=O) groups is 3. The van der Waals surface area contributed by atoms with Gasteiger partial charge in [-0.25, -0.2) is 0 Å². The lowest BCUT2D eigenvalue weighted by atomic mass is 9.70. The second-order valence-corrected chi connectivity index (χ2v) is 9.01. The number of aliphatic hydroxyl groups excluding tert-OH is 1. The lowest BCUT2D eigenvalue weighted by Crippen LogP contribution is -2.55. The highest BCUT2D eigenvalue weighted by Gasteiger charge is 2.74. The van der Waals surface area contributed by atoms with Gasteiger partial charge in [-0.3, -0.25) is 14.4 Å². The van der Waals surface area contributed by atoms with Gasteiger partial charge in [0.2, 0.25) is 17.7 Å². The third kappa shape index (κ3) is 3.90. The summed E-state index contributed by atoms with van der Waals surface area (Å²) >= 11 is 0. The maximum Gasteiger partial charge on any atom is 0.246 e. The van der Waals surface area contributed by atoms with E-state index in [4.69, 9.17) is 4.74 Å². The quantitative estimate of drug-likeness (QED) is 0.467. The Morgan fingerprint density at radius 1 is 1.19 bits per heavy atom. The van der Waals surface area contributed by atoms with Gasteiger partial charge in [-0.1, -0.05) is 37.3 Å². The zero-order chi connectivity index (χ0) is 22.7. The molecule has 3 saturated heterocycles. The summed E-state index contributed by atoms with van der Waals surface area (Å²) in [6, 6.07) is 8.85. The number of hydrogen-bond donors (Lipinski definition) is 3. The molecule has 4 rings (SSSR count). The third-order valence-electron chi connectivity index (χ3n) is 7.02. The number of ether oxygens (including phenoxy) is 1. The summed E-state index contributed by atoms with van der Waals surface area (Å²) < 4.78 is 6.36. The van der Waals surface area contributed by atoms with Crippen LogP contribution in [-0.4, -0.2) is 65.2 Å². The summed E-state index contributed by atoms with van der Waals surface area (Å²) in [4.78, 5) is 41.6. The number of carbonyl (C=O) groups excluding carboxylic acids is 3. The van der Waals surface area contributed by atoms with Crippen molar-refractivity contribution in [2.45, 2.75) is 63.3 Å². The highest BCUT2D eigenvalue weighted by Crippen LogP contribution is 2.58.